The van der Waals surface area contributed by atoms with Gasteiger partial charge in [-0.3, -0.25) is 0 Å². The van der Waals surface area contributed by atoms with Gasteiger partial charge in [0.15, 0.2) is 0 Å². The molecule has 4 nitrogen and oxygen atoms in total. The van der Waals surface area contributed by atoms with Crippen molar-refractivity contribution >= 4 is 29.2 Å². The topological polar surface area (TPSA) is 59.4 Å². The zero-order valence-corrected chi connectivity index (χ0v) is 11.4. The van der Waals surface area contributed by atoms with E-state index in [2.05, 4.69) is 4.98 Å². The van der Waals surface area contributed by atoms with E-state index in [0.717, 1.165) is 0 Å². The third kappa shape index (κ3) is 2.80. The highest BCUT2D eigenvalue weighted by Gasteiger charge is 2.16. The first-order chi connectivity index (χ1) is 9.02. The summed E-state index contributed by atoms with van der Waals surface area (Å²) >= 11 is 11.8. The molecule has 1 aromatic heterocycles. The molecule has 0 radical (unpaired) electrons. The van der Waals surface area contributed by atoms with Gasteiger partial charge in [0.05, 0.1) is 12.7 Å². The molecule has 0 bridgehead atoms. The molecule has 2 rings (SSSR count). The number of benzene rings is 1. The van der Waals surface area contributed by atoms with E-state index in [1.807, 2.05) is 0 Å². The number of ether oxygens (including phenoxy) is 1. The Bertz CT molecular complexity index is 644. The van der Waals surface area contributed by atoms with Crippen LogP contribution in [-0.4, -0.2) is 23.2 Å². The summed E-state index contributed by atoms with van der Waals surface area (Å²) in [6.07, 6.45) is 1.38. The molecule has 19 heavy (non-hydrogen) atoms. The second-order valence-electron chi connectivity index (χ2n) is 3.70. The smallest absolute Gasteiger partial charge is 0.336 e. The number of carbonyl (C=O) groups is 1. The van der Waals surface area contributed by atoms with Crippen molar-refractivity contribution in [2.45, 2.75) is 0 Å². The SMILES string of the molecule is COc1ccc(Cl)c(-c2cnc(Cl)cc2C(=O)O)c1. The molecule has 0 aliphatic heterocycles. The predicted octanol–water partition coefficient (Wildman–Crippen LogP) is 3.76. The molecule has 0 amide bonds. The van der Waals surface area contributed by atoms with Crippen LogP contribution in [0, 0.1) is 0 Å². The van der Waals surface area contributed by atoms with E-state index in [9.17, 15) is 9.90 Å². The van der Waals surface area contributed by atoms with Crippen LogP contribution in [0.2, 0.25) is 10.2 Å². The normalized spacial score (nSPS) is 10.3. The standard InChI is InChI=1S/C13H9Cl2NO3/c1-19-7-2-3-11(14)8(4-7)10-6-16-12(15)5-9(10)13(17)18/h2-6H,1H3,(H,17,18). The van der Waals surface area contributed by atoms with Crippen molar-refractivity contribution in [3.63, 3.8) is 0 Å². The van der Waals surface area contributed by atoms with Crippen molar-refractivity contribution < 1.29 is 14.6 Å². The fraction of sp³-hybridized carbons (Fsp3) is 0.0769. The third-order valence-electron chi connectivity index (χ3n) is 2.56. The molecule has 1 N–H and O–H groups in total. The maximum Gasteiger partial charge on any atom is 0.336 e. The predicted molar refractivity (Wildman–Crippen MR) is 73.2 cm³/mol. The molecule has 0 saturated carbocycles. The Morgan fingerprint density at radius 3 is 2.63 bits per heavy atom. The molecule has 98 valence electrons. The first kappa shape index (κ1) is 13.6. The summed E-state index contributed by atoms with van der Waals surface area (Å²) in [5, 5.41) is 9.73. The lowest BCUT2D eigenvalue weighted by atomic mass is 10.0. The fourth-order valence-corrected chi connectivity index (χ4v) is 2.04. The molecule has 0 saturated heterocycles. The number of pyridine rings is 1. The minimum atomic E-state index is -1.10. The lowest BCUT2D eigenvalue weighted by molar-refractivity contribution is 0.0697. The number of rotatable bonds is 3. The van der Waals surface area contributed by atoms with Crippen molar-refractivity contribution in [1.82, 2.24) is 4.98 Å². The van der Waals surface area contributed by atoms with Crippen LogP contribution in [0.1, 0.15) is 10.4 Å². The summed E-state index contributed by atoms with van der Waals surface area (Å²) in [4.78, 5) is 15.2. The van der Waals surface area contributed by atoms with Crippen LogP contribution in [0.3, 0.4) is 0 Å². The second-order valence-corrected chi connectivity index (χ2v) is 4.50. The van der Waals surface area contributed by atoms with Gasteiger partial charge < -0.3 is 9.84 Å². The summed E-state index contributed by atoms with van der Waals surface area (Å²) in [5.41, 5.74) is 0.957. The maximum absolute atomic E-state index is 11.3. The summed E-state index contributed by atoms with van der Waals surface area (Å²) in [7, 11) is 1.52. The molecule has 0 unspecified atom stereocenters. The number of nitrogens with zero attached hydrogens (tertiary/aromatic N) is 1. The minimum Gasteiger partial charge on any atom is -0.497 e. The van der Waals surface area contributed by atoms with Gasteiger partial charge in [-0.05, 0) is 24.3 Å². The van der Waals surface area contributed by atoms with E-state index < -0.39 is 5.97 Å². The largest absolute Gasteiger partial charge is 0.497 e. The van der Waals surface area contributed by atoms with Crippen LogP contribution >= 0.6 is 23.2 Å². The van der Waals surface area contributed by atoms with Crippen molar-refractivity contribution in [1.29, 1.82) is 0 Å². The highest BCUT2D eigenvalue weighted by molar-refractivity contribution is 6.33. The Morgan fingerprint density at radius 2 is 2.00 bits per heavy atom. The van der Waals surface area contributed by atoms with Crippen molar-refractivity contribution in [2.75, 3.05) is 7.11 Å². The molecule has 2 aromatic rings. The van der Waals surface area contributed by atoms with Crippen LogP contribution in [0.5, 0.6) is 5.75 Å². The number of halogens is 2. The first-order valence-corrected chi connectivity index (χ1v) is 6.01. The lowest BCUT2D eigenvalue weighted by Gasteiger charge is -2.10. The maximum atomic E-state index is 11.3. The van der Waals surface area contributed by atoms with E-state index in [4.69, 9.17) is 27.9 Å². The van der Waals surface area contributed by atoms with E-state index in [-0.39, 0.29) is 10.7 Å². The van der Waals surface area contributed by atoms with Crippen LogP contribution in [0.25, 0.3) is 11.1 Å². The Morgan fingerprint density at radius 1 is 1.26 bits per heavy atom. The average molecular weight is 298 g/mol. The van der Waals surface area contributed by atoms with Crippen molar-refractivity contribution in [3.8, 4) is 16.9 Å². The van der Waals surface area contributed by atoms with Gasteiger partial charge in [-0.25, -0.2) is 9.78 Å². The Balaban J connectivity index is 2.67. The number of methoxy groups -OCH3 is 1. The van der Waals surface area contributed by atoms with Crippen molar-refractivity contribution in [2.24, 2.45) is 0 Å². The van der Waals surface area contributed by atoms with E-state index in [0.29, 0.717) is 21.9 Å². The van der Waals surface area contributed by atoms with Crippen LogP contribution in [-0.2, 0) is 0 Å². The molecular weight excluding hydrogens is 289 g/mol. The summed E-state index contributed by atoms with van der Waals surface area (Å²) in [6.45, 7) is 0. The molecule has 0 atom stereocenters. The highest BCUT2D eigenvalue weighted by atomic mass is 35.5. The number of hydrogen-bond acceptors (Lipinski definition) is 3. The average Bonchev–Trinajstić information content (AvgIpc) is 2.39. The van der Waals surface area contributed by atoms with Gasteiger partial charge in [0.25, 0.3) is 0 Å². The van der Waals surface area contributed by atoms with Gasteiger partial charge >= 0.3 is 5.97 Å². The lowest BCUT2D eigenvalue weighted by Crippen LogP contribution is -2.01. The van der Waals surface area contributed by atoms with E-state index >= 15 is 0 Å². The Hall–Kier alpha value is -1.78. The summed E-state index contributed by atoms with van der Waals surface area (Å²) in [6, 6.07) is 6.26. The molecule has 0 aliphatic rings. The van der Waals surface area contributed by atoms with E-state index in [1.165, 1.54) is 19.4 Å². The number of carboxylic acid groups (broad SMARTS) is 1. The second kappa shape index (κ2) is 5.47. The number of aromatic nitrogens is 1. The van der Waals surface area contributed by atoms with E-state index in [1.54, 1.807) is 18.2 Å². The van der Waals surface area contributed by atoms with Gasteiger partial charge in [0.2, 0.25) is 0 Å². The molecule has 1 heterocycles. The molecule has 0 aliphatic carbocycles. The monoisotopic (exact) mass is 297 g/mol. The van der Waals surface area contributed by atoms with Crippen LogP contribution < -0.4 is 4.74 Å². The number of aromatic carboxylic acids is 1. The Labute approximate surface area is 119 Å². The van der Waals surface area contributed by atoms with Crippen LogP contribution in [0.15, 0.2) is 30.5 Å². The number of carboxylic acids is 1. The highest BCUT2D eigenvalue weighted by Crippen LogP contribution is 2.33. The summed E-state index contributed by atoms with van der Waals surface area (Å²) in [5.74, 6) is -0.524. The van der Waals surface area contributed by atoms with Gasteiger partial charge in [-0.15, -0.1) is 0 Å². The minimum absolute atomic E-state index is 0.0372. The van der Waals surface area contributed by atoms with Gasteiger partial charge in [0, 0.05) is 22.3 Å². The van der Waals surface area contributed by atoms with Crippen molar-refractivity contribution in [3.05, 3.63) is 46.2 Å². The third-order valence-corrected chi connectivity index (χ3v) is 3.10. The van der Waals surface area contributed by atoms with Gasteiger partial charge in [-0.2, -0.15) is 0 Å². The first-order valence-electron chi connectivity index (χ1n) is 5.25. The molecule has 6 heteroatoms. The zero-order valence-electron chi connectivity index (χ0n) is 9.85. The summed E-state index contributed by atoms with van der Waals surface area (Å²) < 4.78 is 5.10. The Kier molecular flexibility index (Phi) is 3.93. The zero-order chi connectivity index (χ0) is 14.0. The molecule has 0 spiro atoms. The quantitative estimate of drug-likeness (QED) is 0.876. The van der Waals surface area contributed by atoms with Crippen LogP contribution in [0.4, 0.5) is 0 Å². The number of hydrogen-bond donors (Lipinski definition) is 1. The molecule has 0 fully saturated rings. The molecular formula is C13H9Cl2NO3. The molecule has 1 aromatic carbocycles. The van der Waals surface area contributed by atoms with Gasteiger partial charge in [-0.1, -0.05) is 23.2 Å². The van der Waals surface area contributed by atoms with Gasteiger partial charge in [0.1, 0.15) is 10.9 Å². The fourth-order valence-electron chi connectivity index (χ4n) is 1.66.